The SMILES string of the molecule is Cc1cc(C)nc(N2C[C@@H]3CN(C(=O)c4c(F)cccc4-n4nccn4)O[C@@H]3C2)n1. The predicted molar refractivity (Wildman–Crippen MR) is 104 cm³/mol. The second-order valence-electron chi connectivity index (χ2n) is 7.58. The molecule has 1 aromatic carbocycles. The molecule has 2 aliphatic heterocycles. The third-order valence-corrected chi connectivity index (χ3v) is 5.36. The quantitative estimate of drug-likeness (QED) is 0.651. The second-order valence-corrected chi connectivity index (χ2v) is 7.58. The molecule has 0 aliphatic carbocycles. The molecule has 0 N–H and O–H groups in total. The van der Waals surface area contributed by atoms with Gasteiger partial charge in [-0.2, -0.15) is 15.0 Å². The maximum Gasteiger partial charge on any atom is 0.282 e. The van der Waals surface area contributed by atoms with Crippen LogP contribution in [0.1, 0.15) is 21.7 Å². The van der Waals surface area contributed by atoms with Crippen LogP contribution < -0.4 is 4.90 Å². The summed E-state index contributed by atoms with van der Waals surface area (Å²) in [4.78, 5) is 31.3. The number of rotatable bonds is 3. The van der Waals surface area contributed by atoms with Crippen molar-refractivity contribution in [2.75, 3.05) is 24.5 Å². The van der Waals surface area contributed by atoms with Crippen molar-refractivity contribution in [1.82, 2.24) is 30.0 Å². The number of hydrogen-bond donors (Lipinski definition) is 0. The minimum atomic E-state index is -0.638. The number of halogens is 1. The Morgan fingerprint density at radius 3 is 2.53 bits per heavy atom. The van der Waals surface area contributed by atoms with Crippen LogP contribution in [0.5, 0.6) is 0 Å². The number of hydrogen-bond acceptors (Lipinski definition) is 7. The molecule has 2 saturated heterocycles. The average molecular weight is 409 g/mol. The van der Waals surface area contributed by atoms with Gasteiger partial charge in [-0.3, -0.25) is 9.63 Å². The fourth-order valence-corrected chi connectivity index (χ4v) is 4.05. The van der Waals surface area contributed by atoms with Crippen LogP contribution in [-0.4, -0.2) is 61.7 Å². The summed E-state index contributed by atoms with van der Waals surface area (Å²) in [5.74, 6) is -0.411. The minimum Gasteiger partial charge on any atom is -0.338 e. The van der Waals surface area contributed by atoms with Crippen molar-refractivity contribution in [3.05, 3.63) is 59.4 Å². The normalized spacial score (nSPS) is 20.6. The van der Waals surface area contributed by atoms with E-state index in [1.165, 1.54) is 34.4 Å². The monoisotopic (exact) mass is 409 g/mol. The summed E-state index contributed by atoms with van der Waals surface area (Å²) in [6.07, 6.45) is 2.76. The summed E-state index contributed by atoms with van der Waals surface area (Å²) < 4.78 is 14.6. The van der Waals surface area contributed by atoms with Gasteiger partial charge in [0.1, 0.15) is 23.2 Å². The van der Waals surface area contributed by atoms with Gasteiger partial charge < -0.3 is 4.90 Å². The van der Waals surface area contributed by atoms with Crippen LogP contribution in [0.15, 0.2) is 36.7 Å². The molecule has 2 aromatic heterocycles. The third-order valence-electron chi connectivity index (χ3n) is 5.36. The molecule has 9 nitrogen and oxygen atoms in total. The molecule has 1 amide bonds. The largest absolute Gasteiger partial charge is 0.338 e. The third kappa shape index (κ3) is 3.18. The lowest BCUT2D eigenvalue weighted by molar-refractivity contribution is -0.109. The standard InChI is InChI=1S/C20H20FN7O2/c1-12-8-13(2)25-20(24-12)26-9-14-10-27(30-17(14)11-26)19(29)18-15(21)4-3-5-16(18)28-22-6-7-23-28/h3-8,14,17H,9-11H2,1-2H3/t14-,17-/m1/s1. The molecule has 2 atom stereocenters. The van der Waals surface area contributed by atoms with Crippen molar-refractivity contribution in [2.24, 2.45) is 5.92 Å². The van der Waals surface area contributed by atoms with Crippen molar-refractivity contribution >= 4 is 11.9 Å². The van der Waals surface area contributed by atoms with Gasteiger partial charge in [-0.25, -0.2) is 19.4 Å². The summed E-state index contributed by atoms with van der Waals surface area (Å²) in [6.45, 7) is 5.48. The van der Waals surface area contributed by atoms with E-state index in [2.05, 4.69) is 25.1 Å². The van der Waals surface area contributed by atoms with E-state index in [0.717, 1.165) is 11.4 Å². The van der Waals surface area contributed by atoms with Gasteiger partial charge in [0.15, 0.2) is 0 Å². The van der Waals surface area contributed by atoms with Crippen molar-refractivity contribution < 1.29 is 14.0 Å². The van der Waals surface area contributed by atoms with Gasteiger partial charge in [-0.1, -0.05) is 6.07 Å². The Morgan fingerprint density at radius 1 is 1.10 bits per heavy atom. The number of anilines is 1. The fraction of sp³-hybridized carbons (Fsp3) is 0.350. The first-order chi connectivity index (χ1) is 14.5. The van der Waals surface area contributed by atoms with Crippen LogP contribution in [-0.2, 0) is 4.84 Å². The molecule has 30 heavy (non-hydrogen) atoms. The van der Waals surface area contributed by atoms with E-state index >= 15 is 0 Å². The van der Waals surface area contributed by atoms with Gasteiger partial charge in [0.25, 0.3) is 5.91 Å². The van der Waals surface area contributed by atoms with Gasteiger partial charge in [-0.05, 0) is 32.0 Å². The molecule has 0 spiro atoms. The van der Waals surface area contributed by atoms with Gasteiger partial charge in [0.2, 0.25) is 5.95 Å². The van der Waals surface area contributed by atoms with E-state index in [0.29, 0.717) is 25.6 Å². The molecular formula is C20H20FN7O2. The van der Waals surface area contributed by atoms with E-state index in [4.69, 9.17) is 4.84 Å². The zero-order chi connectivity index (χ0) is 20.8. The van der Waals surface area contributed by atoms with Crippen molar-refractivity contribution in [2.45, 2.75) is 20.0 Å². The number of amides is 1. The number of benzene rings is 1. The first-order valence-corrected chi connectivity index (χ1v) is 9.70. The highest BCUT2D eigenvalue weighted by atomic mass is 19.1. The zero-order valence-electron chi connectivity index (χ0n) is 16.6. The Morgan fingerprint density at radius 2 is 1.83 bits per heavy atom. The van der Waals surface area contributed by atoms with Crippen molar-refractivity contribution in [3.8, 4) is 5.69 Å². The highest BCUT2D eigenvalue weighted by Gasteiger charge is 2.45. The van der Waals surface area contributed by atoms with Crippen LogP contribution in [0.3, 0.4) is 0 Å². The molecule has 2 fully saturated rings. The number of nitrogens with zero attached hydrogens (tertiary/aromatic N) is 7. The van der Waals surface area contributed by atoms with E-state index in [1.54, 1.807) is 6.07 Å². The molecule has 3 aromatic rings. The Hall–Kier alpha value is -3.40. The van der Waals surface area contributed by atoms with Crippen molar-refractivity contribution in [3.63, 3.8) is 0 Å². The maximum absolute atomic E-state index is 14.6. The van der Waals surface area contributed by atoms with Crippen LogP contribution in [0, 0.1) is 25.6 Å². The number of hydroxylamine groups is 2. The number of carbonyl (C=O) groups excluding carboxylic acids is 1. The summed E-state index contributed by atoms with van der Waals surface area (Å²) in [6, 6.07) is 6.30. The Labute approximate surface area is 172 Å². The molecule has 0 unspecified atom stereocenters. The molecule has 5 rings (SSSR count). The fourth-order valence-electron chi connectivity index (χ4n) is 4.05. The highest BCUT2D eigenvalue weighted by molar-refractivity contribution is 5.97. The topological polar surface area (TPSA) is 89.3 Å². The van der Waals surface area contributed by atoms with Gasteiger partial charge in [-0.15, -0.1) is 0 Å². The molecule has 0 bridgehead atoms. The smallest absolute Gasteiger partial charge is 0.282 e. The van der Waals surface area contributed by atoms with E-state index in [1.807, 2.05) is 19.9 Å². The summed E-state index contributed by atoms with van der Waals surface area (Å²) in [5, 5.41) is 9.29. The number of aromatic nitrogens is 5. The first kappa shape index (κ1) is 18.6. The van der Waals surface area contributed by atoms with Gasteiger partial charge in [0, 0.05) is 23.9 Å². The number of aryl methyl sites for hydroxylation is 2. The lowest BCUT2D eigenvalue weighted by atomic mass is 10.1. The van der Waals surface area contributed by atoms with Gasteiger partial charge in [0.05, 0.1) is 25.5 Å². The van der Waals surface area contributed by atoms with Crippen molar-refractivity contribution in [1.29, 1.82) is 0 Å². The number of carbonyl (C=O) groups is 1. The Bertz CT molecular complexity index is 1070. The summed E-state index contributed by atoms with van der Waals surface area (Å²) >= 11 is 0. The molecule has 154 valence electrons. The average Bonchev–Trinajstić information content (AvgIpc) is 3.43. The predicted octanol–water partition coefficient (Wildman–Crippen LogP) is 1.71. The highest BCUT2D eigenvalue weighted by Crippen LogP contribution is 2.32. The van der Waals surface area contributed by atoms with E-state index in [-0.39, 0.29) is 23.3 Å². The van der Waals surface area contributed by atoms with Crippen LogP contribution >= 0.6 is 0 Å². The maximum atomic E-state index is 14.6. The summed E-state index contributed by atoms with van der Waals surface area (Å²) in [7, 11) is 0. The molecule has 4 heterocycles. The van der Waals surface area contributed by atoms with Crippen LogP contribution in [0.4, 0.5) is 10.3 Å². The van der Waals surface area contributed by atoms with Crippen LogP contribution in [0.25, 0.3) is 5.69 Å². The van der Waals surface area contributed by atoms with Crippen LogP contribution in [0.2, 0.25) is 0 Å². The molecule has 10 heteroatoms. The first-order valence-electron chi connectivity index (χ1n) is 9.70. The Balaban J connectivity index is 1.35. The molecular weight excluding hydrogens is 389 g/mol. The number of fused-ring (bicyclic) bond motifs is 1. The lowest BCUT2D eigenvalue weighted by Crippen LogP contribution is -2.34. The molecule has 0 radical (unpaired) electrons. The van der Waals surface area contributed by atoms with E-state index in [9.17, 15) is 9.18 Å². The van der Waals surface area contributed by atoms with E-state index < -0.39 is 11.7 Å². The molecule has 0 saturated carbocycles. The van der Waals surface area contributed by atoms with Gasteiger partial charge >= 0.3 is 0 Å². The zero-order valence-corrected chi connectivity index (χ0v) is 16.6. The lowest BCUT2D eigenvalue weighted by Gasteiger charge is -2.22. The summed E-state index contributed by atoms with van der Waals surface area (Å²) in [5.41, 5.74) is 1.98. The molecule has 2 aliphatic rings. The minimum absolute atomic E-state index is 0.0939. The Kier molecular flexibility index (Phi) is 4.43. The second kappa shape index (κ2) is 7.13.